The van der Waals surface area contributed by atoms with Gasteiger partial charge in [-0.2, -0.15) is 0 Å². The maximum absolute atomic E-state index is 12.0. The van der Waals surface area contributed by atoms with Crippen LogP contribution in [0.3, 0.4) is 0 Å². The van der Waals surface area contributed by atoms with Gasteiger partial charge in [-0.3, -0.25) is 9.59 Å². The van der Waals surface area contributed by atoms with Gasteiger partial charge in [0.1, 0.15) is 0 Å². The van der Waals surface area contributed by atoms with Crippen molar-refractivity contribution in [2.75, 3.05) is 0 Å². The highest BCUT2D eigenvalue weighted by molar-refractivity contribution is 6.22. The van der Waals surface area contributed by atoms with Crippen molar-refractivity contribution in [2.24, 2.45) is 11.3 Å². The van der Waals surface area contributed by atoms with Gasteiger partial charge in [0.2, 0.25) is 0 Å². The third-order valence-electron chi connectivity index (χ3n) is 6.50. The number of ether oxygens (including phenoxy) is 1. The molecule has 0 amide bonds. The van der Waals surface area contributed by atoms with Gasteiger partial charge < -0.3 is 4.74 Å². The predicted octanol–water partition coefficient (Wildman–Crippen LogP) is 4.15. The third-order valence-corrected chi connectivity index (χ3v) is 6.50. The molecule has 3 heteroatoms. The first-order valence-corrected chi connectivity index (χ1v) is 8.89. The van der Waals surface area contributed by atoms with Gasteiger partial charge in [-0.05, 0) is 67.7 Å². The van der Waals surface area contributed by atoms with Crippen LogP contribution >= 0.6 is 0 Å². The summed E-state index contributed by atoms with van der Waals surface area (Å²) in [4.78, 5) is 23.9. The van der Waals surface area contributed by atoms with Crippen molar-refractivity contribution < 1.29 is 14.3 Å². The number of allylic oxidation sites excluding steroid dienone is 2. The van der Waals surface area contributed by atoms with Crippen molar-refractivity contribution in [1.29, 1.82) is 0 Å². The Balaban J connectivity index is 1.54. The van der Waals surface area contributed by atoms with Crippen molar-refractivity contribution >= 4 is 11.6 Å². The van der Waals surface area contributed by atoms with Crippen LogP contribution in [0.25, 0.3) is 0 Å². The van der Waals surface area contributed by atoms with Crippen LogP contribution in [0.4, 0.5) is 0 Å². The first-order chi connectivity index (χ1) is 11.3. The maximum atomic E-state index is 12.0. The van der Waals surface area contributed by atoms with Crippen LogP contribution < -0.4 is 0 Å². The molecule has 126 valence electrons. The fourth-order valence-corrected chi connectivity index (χ4v) is 5.14. The second-order valence-electron chi connectivity index (χ2n) is 8.31. The largest absolute Gasteiger partial charge is 0.371 e. The molecule has 0 spiro atoms. The molecule has 3 aliphatic rings. The number of hydrogen-bond acceptors (Lipinski definition) is 3. The number of carbonyl (C=O) groups is 2. The minimum atomic E-state index is -0.0775. The van der Waals surface area contributed by atoms with Gasteiger partial charge in [-0.15, -0.1) is 0 Å². The van der Waals surface area contributed by atoms with E-state index in [1.807, 2.05) is 12.1 Å². The van der Waals surface area contributed by atoms with Crippen molar-refractivity contribution in [2.45, 2.75) is 58.2 Å². The van der Waals surface area contributed by atoms with E-state index in [1.54, 1.807) is 6.07 Å². The molecule has 2 fully saturated rings. The molecule has 24 heavy (non-hydrogen) atoms. The van der Waals surface area contributed by atoms with Gasteiger partial charge in [-0.25, -0.2) is 0 Å². The smallest absolute Gasteiger partial charge is 0.186 e. The van der Waals surface area contributed by atoms with Crippen LogP contribution in [-0.4, -0.2) is 23.3 Å². The Morgan fingerprint density at radius 3 is 2.46 bits per heavy atom. The van der Waals surface area contributed by atoms with Gasteiger partial charge in [0.25, 0.3) is 0 Å². The summed E-state index contributed by atoms with van der Waals surface area (Å²) in [7, 11) is 0. The van der Waals surface area contributed by atoms with Crippen molar-refractivity contribution in [3.63, 3.8) is 0 Å². The minimum absolute atomic E-state index is 0.00308. The number of aryl methyl sites for hydroxylation is 1. The molecule has 1 aromatic carbocycles. The predicted molar refractivity (Wildman–Crippen MR) is 92.3 cm³/mol. The minimum Gasteiger partial charge on any atom is -0.371 e. The Morgan fingerprint density at radius 2 is 1.79 bits per heavy atom. The zero-order valence-electron chi connectivity index (χ0n) is 14.6. The number of benzene rings is 1. The number of fused-ring (bicyclic) bond motifs is 3. The number of carbonyl (C=O) groups excluding carboxylic acids is 2. The number of hydrogen-bond donors (Lipinski definition) is 0. The fourth-order valence-electron chi connectivity index (χ4n) is 5.14. The Morgan fingerprint density at radius 1 is 1.08 bits per heavy atom. The molecule has 1 aromatic rings. The van der Waals surface area contributed by atoms with E-state index < -0.39 is 0 Å². The van der Waals surface area contributed by atoms with Crippen LogP contribution in [0.2, 0.25) is 0 Å². The summed E-state index contributed by atoms with van der Waals surface area (Å²) < 4.78 is 6.29. The quantitative estimate of drug-likeness (QED) is 0.839. The molecule has 2 saturated heterocycles. The van der Waals surface area contributed by atoms with Crippen LogP contribution in [0.5, 0.6) is 0 Å². The fraction of sp³-hybridized carbons (Fsp3) is 0.524. The number of ketones is 2. The Hall–Kier alpha value is -1.74. The summed E-state index contributed by atoms with van der Waals surface area (Å²) in [5.74, 6) is 0.380. The molecule has 0 saturated carbocycles. The average molecular weight is 324 g/mol. The first-order valence-electron chi connectivity index (χ1n) is 8.89. The monoisotopic (exact) mass is 324 g/mol. The van der Waals surface area contributed by atoms with Crippen LogP contribution in [0, 0.1) is 11.3 Å². The lowest BCUT2D eigenvalue weighted by Gasteiger charge is -2.39. The van der Waals surface area contributed by atoms with Crippen molar-refractivity contribution in [3.05, 3.63) is 47.0 Å². The van der Waals surface area contributed by atoms with Crippen molar-refractivity contribution in [3.8, 4) is 0 Å². The molecule has 2 bridgehead atoms. The summed E-state index contributed by atoms with van der Waals surface area (Å²) in [6.45, 7) is 6.91. The average Bonchev–Trinajstić information content (AvgIpc) is 3.02. The maximum Gasteiger partial charge on any atom is 0.186 e. The lowest BCUT2D eigenvalue weighted by atomic mass is 9.62. The highest BCUT2D eigenvalue weighted by atomic mass is 16.5. The Kier molecular flexibility index (Phi) is 3.37. The lowest BCUT2D eigenvalue weighted by molar-refractivity contribution is 0.00469. The highest BCUT2D eigenvalue weighted by Crippen LogP contribution is 2.58. The van der Waals surface area contributed by atoms with Gasteiger partial charge in [0.15, 0.2) is 11.6 Å². The number of rotatable bonds is 3. The summed E-state index contributed by atoms with van der Waals surface area (Å²) in [6.07, 6.45) is 7.40. The van der Waals surface area contributed by atoms with E-state index in [0.717, 1.165) is 24.8 Å². The zero-order valence-corrected chi connectivity index (χ0v) is 14.6. The standard InChI is InChI=1S/C21H24O3/c1-20(2)18(21(3)11-10-19(20)24-21)9-5-13-4-6-14-15(12-13)17(23)8-7-16(14)22/h4,6-8,12,18-19H,5,9-11H2,1-3H3. The van der Waals surface area contributed by atoms with Crippen molar-refractivity contribution in [1.82, 2.24) is 0 Å². The zero-order chi connectivity index (χ0) is 17.1. The topological polar surface area (TPSA) is 43.4 Å². The molecule has 0 radical (unpaired) electrons. The normalized spacial score (nSPS) is 33.1. The van der Waals surface area contributed by atoms with Gasteiger partial charge in [0, 0.05) is 11.1 Å². The Bertz CT molecular complexity index is 754. The molecule has 2 aliphatic heterocycles. The van der Waals surface area contributed by atoms with Crippen LogP contribution in [0.15, 0.2) is 30.4 Å². The summed E-state index contributed by atoms with van der Waals surface area (Å²) >= 11 is 0. The molecular formula is C21H24O3. The van der Waals surface area contributed by atoms with Gasteiger partial charge in [0.05, 0.1) is 11.7 Å². The molecule has 3 atom stereocenters. The van der Waals surface area contributed by atoms with Crippen LogP contribution in [0.1, 0.15) is 66.3 Å². The first kappa shape index (κ1) is 15.8. The SMILES string of the molecule is CC12CCC(O1)C(C)(C)C2CCc1ccc2c(c1)C(=O)C=CC2=O. The Labute approximate surface area is 143 Å². The second-order valence-corrected chi connectivity index (χ2v) is 8.31. The van der Waals surface area contributed by atoms with E-state index in [2.05, 4.69) is 20.8 Å². The van der Waals surface area contributed by atoms with E-state index in [4.69, 9.17) is 4.74 Å². The third kappa shape index (κ3) is 2.21. The molecule has 2 heterocycles. The molecule has 4 rings (SSSR count). The summed E-state index contributed by atoms with van der Waals surface area (Å²) in [6, 6.07) is 5.70. The molecule has 3 nitrogen and oxygen atoms in total. The highest BCUT2D eigenvalue weighted by Gasteiger charge is 2.60. The second kappa shape index (κ2) is 5.13. The molecule has 1 aliphatic carbocycles. The van der Waals surface area contributed by atoms with E-state index in [-0.39, 0.29) is 22.6 Å². The summed E-state index contributed by atoms with van der Waals surface area (Å²) in [5, 5.41) is 0. The lowest BCUT2D eigenvalue weighted by Crippen LogP contribution is -2.40. The molecule has 3 unspecified atom stereocenters. The van der Waals surface area contributed by atoms with E-state index in [0.29, 0.717) is 23.1 Å². The van der Waals surface area contributed by atoms with Gasteiger partial charge >= 0.3 is 0 Å². The van der Waals surface area contributed by atoms with E-state index in [1.165, 1.54) is 18.6 Å². The van der Waals surface area contributed by atoms with E-state index in [9.17, 15) is 9.59 Å². The summed E-state index contributed by atoms with van der Waals surface area (Å²) in [5.41, 5.74) is 2.41. The molecular weight excluding hydrogens is 300 g/mol. The van der Waals surface area contributed by atoms with Crippen LogP contribution in [-0.2, 0) is 11.2 Å². The molecule has 0 N–H and O–H groups in total. The van der Waals surface area contributed by atoms with Gasteiger partial charge in [-0.1, -0.05) is 26.0 Å². The molecule has 0 aromatic heterocycles. The van der Waals surface area contributed by atoms with E-state index >= 15 is 0 Å².